The highest BCUT2D eigenvalue weighted by Gasteiger charge is 2.24. The molecule has 1 aliphatic heterocycles. The second-order valence-electron chi connectivity index (χ2n) is 6.06. The van der Waals surface area contributed by atoms with E-state index in [2.05, 4.69) is 4.98 Å². The molecule has 0 saturated heterocycles. The number of hydrogen-bond donors (Lipinski definition) is 0. The molecule has 0 radical (unpaired) electrons. The minimum Gasteiger partial charge on any atom is -0.343 e. The molecule has 0 unspecified atom stereocenters. The highest BCUT2D eigenvalue weighted by molar-refractivity contribution is 7.99. The molecule has 4 rings (SSSR count). The molecule has 0 saturated carbocycles. The Morgan fingerprint density at radius 1 is 1.14 bits per heavy atom. The minimum atomic E-state index is -0.502. The Balaban J connectivity index is 1.77. The lowest BCUT2D eigenvalue weighted by Crippen LogP contribution is -2.38. The molecule has 0 N–H and O–H groups in total. The Morgan fingerprint density at radius 3 is 2.50 bits per heavy atom. The predicted octanol–water partition coefficient (Wildman–Crippen LogP) is 3.22. The first-order chi connectivity index (χ1) is 13.6. The largest absolute Gasteiger partial charge is 0.343 e. The number of aromatic nitrogens is 2. The lowest BCUT2D eigenvalue weighted by atomic mass is 10.1. The van der Waals surface area contributed by atoms with Crippen LogP contribution in [0.4, 0.5) is 11.4 Å². The molecule has 0 spiro atoms. The Kier molecular flexibility index (Phi) is 4.55. The number of thioether (sulfide) groups is 1. The third-order valence-corrected chi connectivity index (χ3v) is 5.39. The number of nitro benzene ring substituents is 1. The van der Waals surface area contributed by atoms with Crippen LogP contribution < -0.4 is 10.5 Å². The molecule has 1 aromatic heterocycles. The van der Waals surface area contributed by atoms with Crippen molar-refractivity contribution >= 4 is 23.1 Å². The van der Waals surface area contributed by atoms with Crippen LogP contribution in [0.2, 0.25) is 0 Å². The van der Waals surface area contributed by atoms with E-state index in [4.69, 9.17) is 0 Å². The highest BCUT2D eigenvalue weighted by atomic mass is 32.2. The van der Waals surface area contributed by atoms with Crippen molar-refractivity contribution in [2.24, 2.45) is 0 Å². The highest BCUT2D eigenvalue weighted by Crippen LogP contribution is 2.30. The van der Waals surface area contributed by atoms with Gasteiger partial charge in [0.25, 0.3) is 11.2 Å². The fourth-order valence-electron chi connectivity index (χ4n) is 2.96. The van der Waals surface area contributed by atoms with E-state index in [1.54, 1.807) is 0 Å². The molecule has 2 aromatic carbocycles. The van der Waals surface area contributed by atoms with E-state index in [1.165, 1.54) is 40.6 Å². The van der Waals surface area contributed by atoms with Gasteiger partial charge in [-0.25, -0.2) is 4.98 Å². The van der Waals surface area contributed by atoms with Crippen LogP contribution in [0.5, 0.6) is 0 Å². The summed E-state index contributed by atoms with van der Waals surface area (Å²) in [5.74, 6) is 0.613. The molecule has 0 bridgehead atoms. The zero-order chi connectivity index (χ0) is 19.7. The number of hydrogen-bond acceptors (Lipinski definition) is 7. The molecule has 9 heteroatoms. The molecule has 28 heavy (non-hydrogen) atoms. The third kappa shape index (κ3) is 3.10. The molecule has 0 aliphatic carbocycles. The Bertz CT molecular complexity index is 1150. The maximum atomic E-state index is 12.9. The van der Waals surface area contributed by atoms with Crippen LogP contribution in [0.3, 0.4) is 0 Å². The van der Waals surface area contributed by atoms with Crippen molar-refractivity contribution in [3.05, 3.63) is 80.6 Å². The topological polar surface area (TPSA) is 105 Å². The first-order valence-electron chi connectivity index (χ1n) is 8.31. The Labute approximate surface area is 163 Å². The van der Waals surface area contributed by atoms with E-state index in [1.807, 2.05) is 41.3 Å². The number of benzene rings is 2. The summed E-state index contributed by atoms with van der Waals surface area (Å²) in [6, 6.07) is 17.3. The molecule has 0 amide bonds. The summed E-state index contributed by atoms with van der Waals surface area (Å²) in [5.41, 5.74) is 1.15. The van der Waals surface area contributed by atoms with Gasteiger partial charge in [0.15, 0.2) is 5.16 Å². The molecule has 8 nitrogen and oxygen atoms in total. The first-order valence-corrected chi connectivity index (χ1v) is 9.29. The van der Waals surface area contributed by atoms with Gasteiger partial charge >= 0.3 is 0 Å². The third-order valence-electron chi connectivity index (χ3n) is 4.38. The van der Waals surface area contributed by atoms with Crippen LogP contribution >= 0.6 is 11.8 Å². The van der Waals surface area contributed by atoms with Crippen molar-refractivity contribution < 1.29 is 4.92 Å². The van der Waals surface area contributed by atoms with Gasteiger partial charge in [-0.3, -0.25) is 19.5 Å². The molecule has 2 heterocycles. The van der Waals surface area contributed by atoms with Crippen LogP contribution in [-0.4, -0.2) is 20.4 Å². The summed E-state index contributed by atoms with van der Waals surface area (Å²) in [4.78, 5) is 29.8. The molecular formula is C19H13N5O3S. The molecule has 1 aliphatic rings. The van der Waals surface area contributed by atoms with Crippen molar-refractivity contribution in [1.82, 2.24) is 9.55 Å². The summed E-state index contributed by atoms with van der Waals surface area (Å²) >= 11 is 1.40. The van der Waals surface area contributed by atoms with Gasteiger partial charge in [0, 0.05) is 23.4 Å². The Hall–Kier alpha value is -3.64. The van der Waals surface area contributed by atoms with Crippen LogP contribution in [0.15, 0.2) is 64.5 Å². The van der Waals surface area contributed by atoms with Crippen molar-refractivity contribution in [1.29, 1.82) is 5.26 Å². The first kappa shape index (κ1) is 17.8. The van der Waals surface area contributed by atoms with E-state index in [-0.39, 0.29) is 16.9 Å². The second kappa shape index (κ2) is 7.17. The van der Waals surface area contributed by atoms with Gasteiger partial charge in [0.05, 0.1) is 16.5 Å². The second-order valence-corrected chi connectivity index (χ2v) is 6.97. The molecule has 3 aromatic rings. The number of anilines is 1. The van der Waals surface area contributed by atoms with E-state index in [9.17, 15) is 20.2 Å². The fraction of sp³-hybridized carbons (Fsp3) is 0.105. The monoisotopic (exact) mass is 391 g/mol. The average molecular weight is 391 g/mol. The van der Waals surface area contributed by atoms with Gasteiger partial charge in [-0.15, -0.1) is 0 Å². The van der Waals surface area contributed by atoms with Crippen molar-refractivity contribution in [2.75, 3.05) is 10.8 Å². The van der Waals surface area contributed by atoms with Crippen molar-refractivity contribution in [2.45, 2.75) is 11.8 Å². The van der Waals surface area contributed by atoms with Gasteiger partial charge in [0.1, 0.15) is 18.3 Å². The van der Waals surface area contributed by atoms with Gasteiger partial charge in [-0.05, 0) is 24.3 Å². The number of non-ortho nitro benzene ring substituents is 1. The maximum Gasteiger partial charge on any atom is 0.274 e. The Morgan fingerprint density at radius 2 is 1.86 bits per heavy atom. The van der Waals surface area contributed by atoms with Gasteiger partial charge in [-0.2, -0.15) is 5.26 Å². The molecular weight excluding hydrogens is 378 g/mol. The van der Waals surface area contributed by atoms with Crippen LogP contribution in [-0.2, 0) is 6.67 Å². The van der Waals surface area contributed by atoms with Crippen LogP contribution in [0, 0.1) is 21.4 Å². The summed E-state index contributed by atoms with van der Waals surface area (Å²) in [6.07, 6.45) is 0. The quantitative estimate of drug-likeness (QED) is 0.383. The SMILES string of the molecule is N#Cc1c(-c2ccc([N+](=O)[O-])cc2)nc2n(c1=O)CN(c1ccccc1)CS2. The number of nitriles is 1. The smallest absolute Gasteiger partial charge is 0.274 e. The summed E-state index contributed by atoms with van der Waals surface area (Å²) in [6.45, 7) is 0.299. The molecule has 0 atom stereocenters. The number of nitrogens with zero attached hydrogens (tertiary/aromatic N) is 5. The zero-order valence-corrected chi connectivity index (χ0v) is 15.3. The van der Waals surface area contributed by atoms with E-state index >= 15 is 0 Å². The van der Waals surface area contributed by atoms with Gasteiger partial charge < -0.3 is 4.90 Å². The summed E-state index contributed by atoms with van der Waals surface area (Å²) < 4.78 is 1.48. The number of nitro groups is 1. The summed E-state index contributed by atoms with van der Waals surface area (Å²) in [5, 5.41) is 20.9. The number of fused-ring (bicyclic) bond motifs is 1. The lowest BCUT2D eigenvalue weighted by Gasteiger charge is -2.30. The van der Waals surface area contributed by atoms with Crippen LogP contribution in [0.25, 0.3) is 11.3 Å². The van der Waals surface area contributed by atoms with E-state index < -0.39 is 10.5 Å². The zero-order valence-electron chi connectivity index (χ0n) is 14.5. The van der Waals surface area contributed by atoms with Crippen molar-refractivity contribution in [3.63, 3.8) is 0 Å². The van der Waals surface area contributed by atoms with E-state index in [0.29, 0.717) is 23.3 Å². The number of para-hydroxylation sites is 1. The predicted molar refractivity (Wildman–Crippen MR) is 105 cm³/mol. The normalized spacial score (nSPS) is 12.9. The fourth-order valence-corrected chi connectivity index (χ4v) is 3.92. The van der Waals surface area contributed by atoms with Crippen molar-refractivity contribution in [3.8, 4) is 17.3 Å². The van der Waals surface area contributed by atoms with Gasteiger partial charge in [-0.1, -0.05) is 30.0 Å². The summed E-state index contributed by atoms with van der Waals surface area (Å²) in [7, 11) is 0. The lowest BCUT2D eigenvalue weighted by molar-refractivity contribution is -0.384. The minimum absolute atomic E-state index is 0.0650. The van der Waals surface area contributed by atoms with E-state index in [0.717, 1.165) is 5.69 Å². The molecule has 0 fully saturated rings. The number of rotatable bonds is 3. The van der Waals surface area contributed by atoms with Crippen LogP contribution in [0.1, 0.15) is 5.56 Å². The average Bonchev–Trinajstić information content (AvgIpc) is 2.74. The molecule has 138 valence electrons. The van der Waals surface area contributed by atoms with Gasteiger partial charge in [0.2, 0.25) is 0 Å². The standard InChI is InChI=1S/C19H13N5O3S/c20-10-16-17(13-6-8-15(9-7-13)24(26)27)21-19-23(18(16)25)11-22(12-28-19)14-4-2-1-3-5-14/h1-9H,11-12H2. The maximum absolute atomic E-state index is 12.9.